The minimum Gasteiger partial charge on any atom is -0.354 e. The van der Waals surface area contributed by atoms with Crippen molar-refractivity contribution in [2.45, 2.75) is 64.3 Å². The van der Waals surface area contributed by atoms with Gasteiger partial charge >= 0.3 is 0 Å². The third-order valence-electron chi connectivity index (χ3n) is 5.73. The molecule has 1 aliphatic heterocycles. The summed E-state index contributed by atoms with van der Waals surface area (Å²) in [6, 6.07) is 0.305. The minimum absolute atomic E-state index is 0. The van der Waals surface area contributed by atoms with Crippen molar-refractivity contribution in [3.8, 4) is 0 Å². The van der Waals surface area contributed by atoms with Crippen LogP contribution in [0.5, 0.6) is 0 Å². The molecule has 3 rings (SSSR count). The monoisotopic (exact) mass is 412 g/mol. The summed E-state index contributed by atoms with van der Waals surface area (Å²) in [4.78, 5) is 24.4. The van der Waals surface area contributed by atoms with E-state index >= 15 is 0 Å². The van der Waals surface area contributed by atoms with E-state index in [-0.39, 0.29) is 24.2 Å². The van der Waals surface area contributed by atoms with Crippen LogP contribution in [-0.2, 0) is 4.79 Å². The van der Waals surface area contributed by atoms with E-state index in [4.69, 9.17) is 0 Å². The van der Waals surface area contributed by atoms with Crippen LogP contribution in [0.3, 0.4) is 0 Å². The Balaban J connectivity index is 0.00000280. The molecule has 1 aromatic rings. The second-order valence-electron chi connectivity index (χ2n) is 7.76. The maximum Gasteiger partial charge on any atom is 0.273 e. The summed E-state index contributed by atoms with van der Waals surface area (Å²) in [5.41, 5.74) is 1.18. The van der Waals surface area contributed by atoms with Gasteiger partial charge in [-0.2, -0.15) is 0 Å². The van der Waals surface area contributed by atoms with Crippen molar-refractivity contribution in [3.05, 3.63) is 11.4 Å². The molecule has 3 N–H and O–H groups in total. The van der Waals surface area contributed by atoms with Crippen LogP contribution < -0.4 is 16.0 Å². The Morgan fingerprint density at radius 3 is 2.46 bits per heavy atom. The maximum atomic E-state index is 12.4. The highest BCUT2D eigenvalue weighted by Crippen LogP contribution is 2.26. The van der Waals surface area contributed by atoms with Crippen LogP contribution in [0, 0.1) is 12.8 Å². The van der Waals surface area contributed by atoms with E-state index in [0.29, 0.717) is 37.2 Å². The van der Waals surface area contributed by atoms with Gasteiger partial charge in [0.05, 0.1) is 11.7 Å². The van der Waals surface area contributed by atoms with Crippen molar-refractivity contribution in [2.24, 2.45) is 5.92 Å². The quantitative estimate of drug-likeness (QED) is 0.592. The number of rotatable bonds is 7. The van der Waals surface area contributed by atoms with E-state index in [1.165, 1.54) is 19.3 Å². The van der Waals surface area contributed by atoms with Crippen LogP contribution in [0.1, 0.15) is 73.6 Å². The largest absolute Gasteiger partial charge is 0.354 e. The van der Waals surface area contributed by atoms with Crippen molar-refractivity contribution in [3.63, 3.8) is 0 Å². The zero-order valence-electron chi connectivity index (χ0n) is 16.7. The molecular formula is C19H33ClN6O2. The van der Waals surface area contributed by atoms with Crippen LogP contribution >= 0.6 is 12.4 Å². The molecule has 1 aliphatic carbocycles. The minimum atomic E-state index is -0.228. The van der Waals surface area contributed by atoms with Crippen LogP contribution in [0.4, 0.5) is 0 Å². The number of hydrogen-bond donors (Lipinski definition) is 3. The van der Waals surface area contributed by atoms with Gasteiger partial charge in [-0.1, -0.05) is 24.5 Å². The maximum absolute atomic E-state index is 12.4. The highest BCUT2D eigenvalue weighted by atomic mass is 35.5. The fourth-order valence-electron chi connectivity index (χ4n) is 4.14. The van der Waals surface area contributed by atoms with Crippen LogP contribution in [0.25, 0.3) is 0 Å². The second kappa shape index (κ2) is 11.4. The Hall–Kier alpha value is -1.67. The zero-order valence-corrected chi connectivity index (χ0v) is 17.5. The van der Waals surface area contributed by atoms with Gasteiger partial charge in [-0.25, -0.2) is 4.68 Å². The van der Waals surface area contributed by atoms with E-state index < -0.39 is 0 Å². The van der Waals surface area contributed by atoms with Crippen molar-refractivity contribution < 1.29 is 9.59 Å². The van der Waals surface area contributed by atoms with Crippen molar-refractivity contribution in [2.75, 3.05) is 26.2 Å². The molecule has 1 aromatic heterocycles. The summed E-state index contributed by atoms with van der Waals surface area (Å²) in [7, 11) is 0. The number of halogens is 1. The molecule has 2 aliphatic rings. The average Bonchev–Trinajstić information content (AvgIpc) is 3.08. The van der Waals surface area contributed by atoms with Crippen LogP contribution in [-0.4, -0.2) is 53.0 Å². The second-order valence-corrected chi connectivity index (χ2v) is 7.76. The van der Waals surface area contributed by atoms with Crippen molar-refractivity contribution >= 4 is 24.2 Å². The summed E-state index contributed by atoms with van der Waals surface area (Å²) >= 11 is 0. The van der Waals surface area contributed by atoms with Crippen molar-refractivity contribution in [1.82, 2.24) is 30.9 Å². The van der Waals surface area contributed by atoms with E-state index in [2.05, 4.69) is 26.3 Å². The summed E-state index contributed by atoms with van der Waals surface area (Å²) in [5.74, 6) is 0.388. The summed E-state index contributed by atoms with van der Waals surface area (Å²) < 4.78 is 1.88. The van der Waals surface area contributed by atoms with E-state index in [1.807, 2.05) is 11.6 Å². The molecule has 1 saturated carbocycles. The Morgan fingerprint density at radius 2 is 1.75 bits per heavy atom. The summed E-state index contributed by atoms with van der Waals surface area (Å²) in [5, 5.41) is 17.3. The van der Waals surface area contributed by atoms with Gasteiger partial charge in [0.2, 0.25) is 5.91 Å². The first-order chi connectivity index (χ1) is 13.1. The Labute approximate surface area is 173 Å². The molecule has 2 fully saturated rings. The van der Waals surface area contributed by atoms with Gasteiger partial charge in [0.15, 0.2) is 5.69 Å². The molecule has 0 spiro atoms. The number of nitrogens with zero attached hydrogens (tertiary/aromatic N) is 3. The average molecular weight is 413 g/mol. The topological polar surface area (TPSA) is 101 Å². The van der Waals surface area contributed by atoms with Gasteiger partial charge in [0.25, 0.3) is 5.91 Å². The molecular weight excluding hydrogens is 380 g/mol. The molecule has 1 saturated heterocycles. The first-order valence-corrected chi connectivity index (χ1v) is 10.3. The van der Waals surface area contributed by atoms with E-state index in [1.54, 1.807) is 0 Å². The van der Waals surface area contributed by atoms with Crippen LogP contribution in [0.2, 0.25) is 0 Å². The number of hydrogen-bond acceptors (Lipinski definition) is 5. The molecule has 28 heavy (non-hydrogen) atoms. The molecule has 0 atom stereocenters. The van der Waals surface area contributed by atoms with Gasteiger partial charge in [-0.05, 0) is 51.6 Å². The number of carbonyl (C=O) groups excluding carboxylic acids is 2. The number of piperidine rings is 1. The Bertz CT molecular complexity index is 638. The van der Waals surface area contributed by atoms with Crippen molar-refractivity contribution in [1.29, 1.82) is 0 Å². The summed E-state index contributed by atoms with van der Waals surface area (Å²) in [6.45, 7) is 4.66. The normalized spacial score (nSPS) is 18.3. The Morgan fingerprint density at radius 1 is 1.07 bits per heavy atom. The lowest BCUT2D eigenvalue weighted by Gasteiger charge is -2.23. The zero-order chi connectivity index (χ0) is 19.1. The Kier molecular flexibility index (Phi) is 9.18. The smallest absolute Gasteiger partial charge is 0.273 e. The highest BCUT2D eigenvalue weighted by molar-refractivity contribution is 5.93. The van der Waals surface area contributed by atoms with Gasteiger partial charge in [-0.15, -0.1) is 17.5 Å². The SMILES string of the molecule is Cc1c(C(=O)NCCNC(=O)CC2CCCCC2)nnn1C1CCNCC1.Cl. The number of carbonyl (C=O) groups is 2. The van der Waals surface area contributed by atoms with Gasteiger partial charge in [0.1, 0.15) is 0 Å². The fourth-order valence-corrected chi connectivity index (χ4v) is 4.14. The molecule has 2 amide bonds. The highest BCUT2D eigenvalue weighted by Gasteiger charge is 2.22. The predicted molar refractivity (Wildman–Crippen MR) is 110 cm³/mol. The van der Waals surface area contributed by atoms with Gasteiger partial charge in [-0.3, -0.25) is 9.59 Å². The molecule has 0 bridgehead atoms. The summed E-state index contributed by atoms with van der Waals surface area (Å²) in [6.07, 6.45) is 8.71. The lowest BCUT2D eigenvalue weighted by Crippen LogP contribution is -2.36. The predicted octanol–water partition coefficient (Wildman–Crippen LogP) is 1.75. The van der Waals surface area contributed by atoms with Crippen LogP contribution in [0.15, 0.2) is 0 Å². The molecule has 0 aromatic carbocycles. The molecule has 9 heteroatoms. The molecule has 2 heterocycles. The number of aromatic nitrogens is 3. The van der Waals surface area contributed by atoms with Gasteiger partial charge < -0.3 is 16.0 Å². The molecule has 158 valence electrons. The lowest BCUT2D eigenvalue weighted by molar-refractivity contribution is -0.122. The first-order valence-electron chi connectivity index (χ1n) is 10.3. The van der Waals surface area contributed by atoms with E-state index in [9.17, 15) is 9.59 Å². The standard InChI is InChI=1S/C19H32N6O2.ClH/c1-14-18(23-24-25(14)16-7-9-20-10-8-16)19(27)22-12-11-21-17(26)13-15-5-3-2-4-6-15;/h15-16,20H,2-13H2,1H3,(H,21,26)(H,22,27);1H. The first kappa shape index (κ1) is 22.6. The molecule has 0 unspecified atom stereocenters. The third-order valence-corrected chi connectivity index (χ3v) is 5.73. The molecule has 8 nitrogen and oxygen atoms in total. The van der Waals surface area contributed by atoms with E-state index in [0.717, 1.165) is 44.5 Å². The number of nitrogens with one attached hydrogen (secondary N) is 3. The lowest BCUT2D eigenvalue weighted by atomic mass is 9.87. The molecule has 0 radical (unpaired) electrons. The number of amides is 2. The third kappa shape index (κ3) is 6.17. The fraction of sp³-hybridized carbons (Fsp3) is 0.789. The van der Waals surface area contributed by atoms with Gasteiger partial charge in [0, 0.05) is 19.5 Å².